The molecule has 2 aliphatic rings. The van der Waals surface area contributed by atoms with Gasteiger partial charge in [0.05, 0.1) is 17.6 Å². The number of aliphatic carboxylic acids is 1. The molecule has 2 atom stereocenters. The van der Waals surface area contributed by atoms with E-state index in [-0.39, 0.29) is 18.6 Å². The van der Waals surface area contributed by atoms with Crippen molar-refractivity contribution < 1.29 is 36.3 Å². The molecule has 0 radical (unpaired) electrons. The first-order chi connectivity index (χ1) is 11.5. The molecule has 25 heavy (non-hydrogen) atoms. The highest BCUT2D eigenvalue weighted by atomic mass is 32.2. The van der Waals surface area contributed by atoms with Crippen LogP contribution in [0.1, 0.15) is 25.7 Å². The van der Waals surface area contributed by atoms with Crippen LogP contribution in [0.2, 0.25) is 0 Å². The smallest absolute Gasteiger partial charge is 0.394 e. The Bertz CT molecular complexity index is 616. The molecule has 7 nitrogen and oxygen atoms in total. The van der Waals surface area contributed by atoms with E-state index in [0.29, 0.717) is 13.1 Å². The summed E-state index contributed by atoms with van der Waals surface area (Å²) in [5.74, 6) is -6.25. The van der Waals surface area contributed by atoms with E-state index in [1.54, 1.807) is 0 Å². The summed E-state index contributed by atoms with van der Waals surface area (Å²) >= 11 is 0. The fourth-order valence-electron chi connectivity index (χ4n) is 3.25. The molecule has 2 heterocycles. The Labute approximate surface area is 143 Å². The van der Waals surface area contributed by atoms with Crippen molar-refractivity contribution in [1.82, 2.24) is 9.21 Å². The van der Waals surface area contributed by atoms with Gasteiger partial charge in [-0.05, 0) is 19.3 Å². The topological polar surface area (TPSA) is 95.0 Å². The first-order valence-electron chi connectivity index (χ1n) is 8.07. The molecule has 0 aliphatic carbocycles. The van der Waals surface area contributed by atoms with Gasteiger partial charge in [0.1, 0.15) is 0 Å². The zero-order valence-electron chi connectivity index (χ0n) is 13.5. The average molecular weight is 386 g/mol. The Hall–Kier alpha value is -1.36. The largest absolute Gasteiger partial charge is 0.481 e. The van der Waals surface area contributed by atoms with Crippen LogP contribution in [0.3, 0.4) is 0 Å². The van der Waals surface area contributed by atoms with Crippen molar-refractivity contribution >= 4 is 21.9 Å². The molecule has 144 valence electrons. The molecule has 1 amide bonds. The predicted molar refractivity (Wildman–Crippen MR) is 81.1 cm³/mol. The normalized spacial score (nSPS) is 25.5. The zero-order chi connectivity index (χ0) is 18.8. The molecule has 2 rings (SSSR count). The lowest BCUT2D eigenvalue weighted by Gasteiger charge is -2.19. The van der Waals surface area contributed by atoms with E-state index in [1.807, 2.05) is 0 Å². The van der Waals surface area contributed by atoms with Crippen LogP contribution < -0.4 is 0 Å². The van der Waals surface area contributed by atoms with Crippen LogP contribution in [0, 0.1) is 11.8 Å². The van der Waals surface area contributed by atoms with Crippen LogP contribution in [-0.4, -0.2) is 72.7 Å². The number of hydrogen-bond donors (Lipinski definition) is 1. The third-order valence-electron chi connectivity index (χ3n) is 4.66. The second-order valence-corrected chi connectivity index (χ2v) is 8.51. The minimum Gasteiger partial charge on any atom is -0.481 e. The fraction of sp³-hybridized carbons (Fsp3) is 0.857. The van der Waals surface area contributed by atoms with Crippen LogP contribution in [0.5, 0.6) is 0 Å². The van der Waals surface area contributed by atoms with Crippen molar-refractivity contribution in [2.45, 2.75) is 31.9 Å². The minimum atomic E-state index is -4.70. The first-order valence-corrected chi connectivity index (χ1v) is 9.68. The maximum Gasteiger partial charge on any atom is 0.394 e. The number of rotatable bonds is 6. The molecule has 0 spiro atoms. The number of likely N-dealkylation sites (tertiary alicyclic amines) is 1. The van der Waals surface area contributed by atoms with Gasteiger partial charge in [0.25, 0.3) is 0 Å². The zero-order valence-corrected chi connectivity index (χ0v) is 14.4. The van der Waals surface area contributed by atoms with E-state index in [4.69, 9.17) is 5.11 Å². The van der Waals surface area contributed by atoms with Crippen molar-refractivity contribution in [3.8, 4) is 0 Å². The summed E-state index contributed by atoms with van der Waals surface area (Å²) in [6.07, 6.45) is -3.33. The van der Waals surface area contributed by atoms with Crippen LogP contribution >= 0.6 is 0 Å². The maximum atomic E-state index is 12.9. The van der Waals surface area contributed by atoms with Gasteiger partial charge in [-0.2, -0.15) is 13.2 Å². The number of carboxylic acids is 1. The monoisotopic (exact) mass is 386 g/mol. The molecule has 0 aromatic carbocycles. The average Bonchev–Trinajstić information content (AvgIpc) is 3.16. The summed E-state index contributed by atoms with van der Waals surface area (Å²) in [6, 6.07) is 0. The number of alkyl halides is 3. The van der Waals surface area contributed by atoms with Gasteiger partial charge < -0.3 is 10.0 Å². The minimum absolute atomic E-state index is 0.00257. The lowest BCUT2D eigenvalue weighted by atomic mass is 9.96. The van der Waals surface area contributed by atoms with Crippen molar-refractivity contribution in [2.75, 3.05) is 31.9 Å². The van der Waals surface area contributed by atoms with E-state index in [2.05, 4.69) is 0 Å². The lowest BCUT2D eigenvalue weighted by molar-refractivity contribution is -0.188. The number of carbonyl (C=O) groups excluding carboxylic acids is 1. The Morgan fingerprint density at radius 3 is 2.20 bits per heavy atom. The van der Waals surface area contributed by atoms with E-state index in [9.17, 15) is 31.2 Å². The van der Waals surface area contributed by atoms with E-state index < -0.39 is 53.0 Å². The molecule has 0 aromatic rings. The summed E-state index contributed by atoms with van der Waals surface area (Å²) in [6.45, 7) is -0.290. The van der Waals surface area contributed by atoms with Crippen LogP contribution in [0.4, 0.5) is 13.2 Å². The molecule has 2 fully saturated rings. The number of halogens is 3. The Kier molecular flexibility index (Phi) is 5.97. The number of sulfonamides is 1. The Balaban J connectivity index is 1.88. The quantitative estimate of drug-likeness (QED) is 0.732. The summed E-state index contributed by atoms with van der Waals surface area (Å²) in [5, 5.41) is 8.93. The molecule has 0 aromatic heterocycles. The lowest BCUT2D eigenvalue weighted by Crippen LogP contribution is -2.34. The van der Waals surface area contributed by atoms with Crippen LogP contribution in [0.25, 0.3) is 0 Å². The number of nitrogens with zero attached hydrogens (tertiary/aromatic N) is 2. The number of carbonyl (C=O) groups is 2. The van der Waals surface area contributed by atoms with E-state index in [1.165, 1.54) is 4.31 Å². The molecule has 0 bridgehead atoms. The van der Waals surface area contributed by atoms with Crippen molar-refractivity contribution in [1.29, 1.82) is 0 Å². The SMILES string of the molecule is O=C(O)[C@@H]1CN(C(=O)CCCS(=O)(=O)N2CCCC2)C[C@H]1C(F)(F)F. The summed E-state index contributed by atoms with van der Waals surface area (Å²) in [5.41, 5.74) is 0. The van der Waals surface area contributed by atoms with Crippen molar-refractivity contribution in [3.05, 3.63) is 0 Å². The molecule has 11 heteroatoms. The summed E-state index contributed by atoms with van der Waals surface area (Å²) in [7, 11) is -3.45. The van der Waals surface area contributed by atoms with Crippen LogP contribution in [-0.2, 0) is 19.6 Å². The number of amides is 1. The second-order valence-electron chi connectivity index (χ2n) is 6.42. The highest BCUT2D eigenvalue weighted by molar-refractivity contribution is 7.89. The highest BCUT2D eigenvalue weighted by Crippen LogP contribution is 2.38. The standard InChI is InChI=1S/C14H21F3N2O5S/c15-14(16,17)11-9-18(8-10(11)13(21)22)12(20)4-3-7-25(23,24)19-5-1-2-6-19/h10-11H,1-9H2,(H,21,22)/t10-,11-/m1/s1. The van der Waals surface area contributed by atoms with E-state index in [0.717, 1.165) is 17.7 Å². The Morgan fingerprint density at radius 2 is 1.72 bits per heavy atom. The molecule has 1 N–H and O–H groups in total. The summed E-state index contributed by atoms with van der Waals surface area (Å²) in [4.78, 5) is 23.9. The number of hydrogen-bond acceptors (Lipinski definition) is 4. The second kappa shape index (κ2) is 7.48. The van der Waals surface area contributed by atoms with Gasteiger partial charge in [0, 0.05) is 32.6 Å². The van der Waals surface area contributed by atoms with Gasteiger partial charge >= 0.3 is 12.1 Å². The molecule has 2 aliphatic heterocycles. The molecule has 0 saturated carbocycles. The number of carboxylic acid groups (broad SMARTS) is 1. The van der Waals surface area contributed by atoms with Crippen LogP contribution in [0.15, 0.2) is 0 Å². The summed E-state index contributed by atoms with van der Waals surface area (Å²) < 4.78 is 64.1. The third-order valence-corrected chi connectivity index (χ3v) is 6.62. The first kappa shape index (κ1) is 20.0. The molecule has 2 saturated heterocycles. The van der Waals surface area contributed by atoms with Gasteiger partial charge in [-0.25, -0.2) is 12.7 Å². The van der Waals surface area contributed by atoms with Gasteiger partial charge in [0.15, 0.2) is 0 Å². The highest BCUT2D eigenvalue weighted by Gasteiger charge is 2.53. The molecule has 0 unspecified atom stereocenters. The van der Waals surface area contributed by atoms with Gasteiger partial charge in [-0.1, -0.05) is 0 Å². The van der Waals surface area contributed by atoms with Crippen molar-refractivity contribution in [3.63, 3.8) is 0 Å². The Morgan fingerprint density at radius 1 is 1.12 bits per heavy atom. The fourth-order valence-corrected chi connectivity index (χ4v) is 4.83. The van der Waals surface area contributed by atoms with Crippen molar-refractivity contribution in [2.24, 2.45) is 11.8 Å². The maximum absolute atomic E-state index is 12.9. The molecular weight excluding hydrogens is 365 g/mol. The van der Waals surface area contributed by atoms with Gasteiger partial charge in [-0.15, -0.1) is 0 Å². The van der Waals surface area contributed by atoms with Gasteiger partial charge in [-0.3, -0.25) is 9.59 Å². The molecular formula is C14H21F3N2O5S. The van der Waals surface area contributed by atoms with Gasteiger partial charge in [0.2, 0.25) is 15.9 Å². The third kappa shape index (κ3) is 4.84. The predicted octanol–water partition coefficient (Wildman–Crippen LogP) is 0.914. The van der Waals surface area contributed by atoms with E-state index >= 15 is 0 Å².